The molecule has 19 heavy (non-hydrogen) atoms. The van der Waals surface area contributed by atoms with Crippen molar-refractivity contribution in [1.29, 1.82) is 0 Å². The lowest BCUT2D eigenvalue weighted by Gasteiger charge is -2.15. The highest BCUT2D eigenvalue weighted by Gasteiger charge is 2.48. The fourth-order valence-corrected chi connectivity index (χ4v) is 2.77. The van der Waals surface area contributed by atoms with Crippen LogP contribution in [-0.2, 0) is 11.2 Å². The van der Waals surface area contributed by atoms with Gasteiger partial charge >= 0.3 is 0 Å². The Morgan fingerprint density at radius 1 is 1.26 bits per heavy atom. The maximum Gasteiger partial charge on any atom is 0.227 e. The molecule has 0 bridgehead atoms. The van der Waals surface area contributed by atoms with Gasteiger partial charge in [0.1, 0.15) is 0 Å². The minimum absolute atomic E-state index is 0.136. The Morgan fingerprint density at radius 3 is 2.32 bits per heavy atom. The number of aryl methyl sites for hydroxylation is 3. The lowest BCUT2D eigenvalue weighted by molar-refractivity contribution is -0.125. The van der Waals surface area contributed by atoms with Crippen LogP contribution in [0, 0.1) is 26.2 Å². The van der Waals surface area contributed by atoms with Crippen LogP contribution >= 0.6 is 0 Å². The molecule has 0 aliphatic heterocycles. The summed E-state index contributed by atoms with van der Waals surface area (Å²) < 4.78 is 0. The number of carbonyl (C=O) groups is 1. The van der Waals surface area contributed by atoms with Crippen LogP contribution < -0.4 is 11.1 Å². The second kappa shape index (κ2) is 5.33. The molecule has 0 aromatic heterocycles. The third-order valence-corrected chi connectivity index (χ3v) is 4.23. The first-order valence-corrected chi connectivity index (χ1v) is 7.03. The number of amides is 1. The van der Waals surface area contributed by atoms with Crippen LogP contribution in [0.3, 0.4) is 0 Å². The molecule has 1 aromatic carbocycles. The molecule has 1 fully saturated rings. The molecule has 2 rings (SSSR count). The molecule has 0 saturated heterocycles. The van der Waals surface area contributed by atoms with Crippen molar-refractivity contribution in [2.45, 2.75) is 40.0 Å². The smallest absolute Gasteiger partial charge is 0.227 e. The van der Waals surface area contributed by atoms with Crippen LogP contribution in [0.25, 0.3) is 0 Å². The van der Waals surface area contributed by atoms with E-state index in [1.165, 1.54) is 22.3 Å². The van der Waals surface area contributed by atoms with Gasteiger partial charge in [-0.2, -0.15) is 0 Å². The standard InChI is InChI=1S/C16H24N2O/c1-11-8-12(2)14(13(3)9-11)4-7-18-15(19)16(10-17)5-6-16/h8-9H,4-7,10,17H2,1-3H3,(H,18,19). The van der Waals surface area contributed by atoms with Crippen LogP contribution in [0.2, 0.25) is 0 Å². The highest BCUT2D eigenvalue weighted by molar-refractivity contribution is 5.85. The van der Waals surface area contributed by atoms with Crippen molar-refractivity contribution >= 4 is 5.91 Å². The molecular formula is C16H24N2O. The fourth-order valence-electron chi connectivity index (χ4n) is 2.77. The van der Waals surface area contributed by atoms with Crippen molar-refractivity contribution < 1.29 is 4.79 Å². The summed E-state index contributed by atoms with van der Waals surface area (Å²) in [6.07, 6.45) is 2.78. The molecule has 104 valence electrons. The van der Waals surface area contributed by atoms with Crippen molar-refractivity contribution in [2.75, 3.05) is 13.1 Å². The van der Waals surface area contributed by atoms with Gasteiger partial charge in [-0.05, 0) is 56.7 Å². The topological polar surface area (TPSA) is 55.1 Å². The zero-order chi connectivity index (χ0) is 14.0. The summed E-state index contributed by atoms with van der Waals surface area (Å²) in [5.41, 5.74) is 10.7. The van der Waals surface area contributed by atoms with Gasteiger partial charge in [-0.3, -0.25) is 4.79 Å². The van der Waals surface area contributed by atoms with Crippen LogP contribution in [0.4, 0.5) is 0 Å². The Kier molecular flexibility index (Phi) is 3.95. The molecule has 1 aliphatic rings. The summed E-state index contributed by atoms with van der Waals surface area (Å²) in [5.74, 6) is 0.136. The van der Waals surface area contributed by atoms with Gasteiger partial charge in [-0.1, -0.05) is 17.7 Å². The molecule has 1 aliphatic carbocycles. The molecule has 1 saturated carbocycles. The quantitative estimate of drug-likeness (QED) is 0.851. The van der Waals surface area contributed by atoms with Crippen LogP contribution in [0.15, 0.2) is 12.1 Å². The average molecular weight is 260 g/mol. The van der Waals surface area contributed by atoms with E-state index in [9.17, 15) is 4.79 Å². The first kappa shape index (κ1) is 14.1. The van der Waals surface area contributed by atoms with Crippen molar-refractivity contribution in [3.63, 3.8) is 0 Å². The Balaban J connectivity index is 1.91. The van der Waals surface area contributed by atoms with Crippen LogP contribution in [-0.4, -0.2) is 19.0 Å². The van der Waals surface area contributed by atoms with Crippen molar-refractivity contribution in [2.24, 2.45) is 11.1 Å². The van der Waals surface area contributed by atoms with Gasteiger partial charge in [-0.15, -0.1) is 0 Å². The number of carbonyl (C=O) groups excluding carboxylic acids is 1. The lowest BCUT2D eigenvalue weighted by atomic mass is 9.97. The highest BCUT2D eigenvalue weighted by atomic mass is 16.2. The average Bonchev–Trinajstić information content (AvgIpc) is 3.13. The largest absolute Gasteiger partial charge is 0.355 e. The van der Waals surface area contributed by atoms with Gasteiger partial charge < -0.3 is 11.1 Å². The van der Waals surface area contributed by atoms with E-state index in [2.05, 4.69) is 38.2 Å². The summed E-state index contributed by atoms with van der Waals surface area (Å²) in [7, 11) is 0. The maximum atomic E-state index is 12.0. The lowest BCUT2D eigenvalue weighted by Crippen LogP contribution is -2.37. The predicted molar refractivity (Wildman–Crippen MR) is 78.1 cm³/mol. The predicted octanol–water partition coefficient (Wildman–Crippen LogP) is 2.01. The first-order valence-electron chi connectivity index (χ1n) is 7.03. The van der Waals surface area contributed by atoms with E-state index >= 15 is 0 Å². The van der Waals surface area contributed by atoms with E-state index in [1.807, 2.05) is 0 Å². The Morgan fingerprint density at radius 2 is 1.84 bits per heavy atom. The van der Waals surface area contributed by atoms with Crippen LogP contribution in [0.1, 0.15) is 35.1 Å². The van der Waals surface area contributed by atoms with Crippen LogP contribution in [0.5, 0.6) is 0 Å². The van der Waals surface area contributed by atoms with E-state index in [0.717, 1.165) is 19.3 Å². The molecule has 0 heterocycles. The third-order valence-electron chi connectivity index (χ3n) is 4.23. The molecule has 0 unspecified atom stereocenters. The summed E-state index contributed by atoms with van der Waals surface area (Å²) in [6.45, 7) is 7.56. The number of rotatable bonds is 5. The van der Waals surface area contributed by atoms with Gasteiger partial charge in [0.25, 0.3) is 0 Å². The number of hydrogen-bond donors (Lipinski definition) is 2. The summed E-state index contributed by atoms with van der Waals surface area (Å²) in [4.78, 5) is 12.0. The molecular weight excluding hydrogens is 236 g/mol. The highest BCUT2D eigenvalue weighted by Crippen LogP contribution is 2.44. The van der Waals surface area contributed by atoms with Gasteiger partial charge in [0, 0.05) is 13.1 Å². The maximum absolute atomic E-state index is 12.0. The molecule has 0 spiro atoms. The Bertz CT molecular complexity index is 467. The zero-order valence-corrected chi connectivity index (χ0v) is 12.2. The zero-order valence-electron chi connectivity index (χ0n) is 12.2. The second-order valence-electron chi connectivity index (χ2n) is 5.87. The third kappa shape index (κ3) is 2.98. The van der Waals surface area contributed by atoms with Gasteiger partial charge in [0.2, 0.25) is 5.91 Å². The Labute approximate surface area is 115 Å². The minimum Gasteiger partial charge on any atom is -0.355 e. The molecule has 0 radical (unpaired) electrons. The normalized spacial score (nSPS) is 16.2. The summed E-state index contributed by atoms with van der Waals surface area (Å²) in [5, 5.41) is 3.03. The molecule has 0 atom stereocenters. The van der Waals surface area contributed by atoms with E-state index in [4.69, 9.17) is 5.73 Å². The number of nitrogens with one attached hydrogen (secondary N) is 1. The number of nitrogens with two attached hydrogens (primary N) is 1. The minimum atomic E-state index is -0.239. The molecule has 3 N–H and O–H groups in total. The number of benzene rings is 1. The SMILES string of the molecule is Cc1cc(C)c(CCNC(=O)C2(CN)CC2)c(C)c1. The molecule has 3 heteroatoms. The number of hydrogen-bond acceptors (Lipinski definition) is 2. The Hall–Kier alpha value is -1.35. The van der Waals surface area contributed by atoms with E-state index < -0.39 is 0 Å². The van der Waals surface area contributed by atoms with Crippen molar-refractivity contribution in [1.82, 2.24) is 5.32 Å². The van der Waals surface area contributed by atoms with Crippen molar-refractivity contribution in [3.05, 3.63) is 34.4 Å². The monoisotopic (exact) mass is 260 g/mol. The first-order chi connectivity index (χ1) is 8.98. The summed E-state index contributed by atoms with van der Waals surface area (Å²) >= 11 is 0. The molecule has 3 nitrogen and oxygen atoms in total. The molecule has 1 aromatic rings. The van der Waals surface area contributed by atoms with Gasteiger partial charge in [-0.25, -0.2) is 0 Å². The molecule has 1 amide bonds. The van der Waals surface area contributed by atoms with Crippen molar-refractivity contribution in [3.8, 4) is 0 Å². The van der Waals surface area contributed by atoms with E-state index in [-0.39, 0.29) is 11.3 Å². The van der Waals surface area contributed by atoms with Gasteiger partial charge in [0.05, 0.1) is 5.41 Å². The summed E-state index contributed by atoms with van der Waals surface area (Å²) in [6, 6.07) is 4.40. The second-order valence-corrected chi connectivity index (χ2v) is 5.87. The fraction of sp³-hybridized carbons (Fsp3) is 0.562. The van der Waals surface area contributed by atoms with Gasteiger partial charge in [0.15, 0.2) is 0 Å². The van der Waals surface area contributed by atoms with E-state index in [1.54, 1.807) is 0 Å². The van der Waals surface area contributed by atoms with E-state index in [0.29, 0.717) is 13.1 Å².